The van der Waals surface area contributed by atoms with Crippen LogP contribution >= 0.6 is 0 Å². The van der Waals surface area contributed by atoms with E-state index in [-0.39, 0.29) is 5.91 Å². The molecule has 4 aromatic carbocycles. The Kier molecular flexibility index (Phi) is 6.16. The second-order valence-electron chi connectivity index (χ2n) is 8.37. The van der Waals surface area contributed by atoms with Crippen molar-refractivity contribution >= 4 is 27.7 Å². The van der Waals surface area contributed by atoms with E-state index >= 15 is 0 Å². The third-order valence-electron chi connectivity index (χ3n) is 6.04. The molecule has 1 aromatic heterocycles. The minimum atomic E-state index is 0.0797. The summed E-state index contributed by atoms with van der Waals surface area (Å²) in [6, 6.07) is 33.4. The van der Waals surface area contributed by atoms with Gasteiger partial charge in [0.1, 0.15) is 5.82 Å². The number of amides is 1. The lowest BCUT2D eigenvalue weighted by Crippen LogP contribution is -2.26. The predicted molar refractivity (Wildman–Crippen MR) is 134 cm³/mol. The van der Waals surface area contributed by atoms with Gasteiger partial charge in [-0.2, -0.15) is 0 Å². The Hall–Kier alpha value is -3.92. The summed E-state index contributed by atoms with van der Waals surface area (Å²) in [5, 5.41) is 5.56. The van der Waals surface area contributed by atoms with Crippen LogP contribution in [-0.2, 0) is 24.2 Å². The molecule has 0 atom stereocenters. The van der Waals surface area contributed by atoms with E-state index in [1.54, 1.807) is 0 Å². The molecule has 0 fully saturated rings. The smallest absolute Gasteiger partial charge is 0.220 e. The second-order valence-corrected chi connectivity index (χ2v) is 8.37. The molecule has 0 saturated carbocycles. The Morgan fingerprint density at radius 3 is 2.39 bits per heavy atom. The molecule has 0 aliphatic heterocycles. The van der Waals surface area contributed by atoms with Crippen LogP contribution in [0.15, 0.2) is 97.1 Å². The van der Waals surface area contributed by atoms with Crippen molar-refractivity contribution in [1.82, 2.24) is 14.9 Å². The summed E-state index contributed by atoms with van der Waals surface area (Å²) in [4.78, 5) is 17.2. The number of imidazole rings is 1. The Labute approximate surface area is 193 Å². The standard InChI is InChI=1S/C29H27N3O/c33-29(17-15-22-8-2-1-3-9-22)30-19-18-28-31-26-12-6-7-13-27(26)32(28)21-23-14-16-24-10-4-5-11-25(24)20-23/h1-14,16,20H,15,17-19,21H2,(H,30,33). The lowest BCUT2D eigenvalue weighted by molar-refractivity contribution is -0.121. The minimum Gasteiger partial charge on any atom is -0.356 e. The number of para-hydroxylation sites is 2. The van der Waals surface area contributed by atoms with E-state index in [1.165, 1.54) is 21.9 Å². The van der Waals surface area contributed by atoms with Gasteiger partial charge in [-0.1, -0.05) is 78.9 Å². The molecule has 164 valence electrons. The Bertz CT molecular complexity index is 1390. The number of benzene rings is 4. The van der Waals surface area contributed by atoms with Crippen molar-refractivity contribution in [3.8, 4) is 0 Å². The van der Waals surface area contributed by atoms with Crippen molar-refractivity contribution in [2.45, 2.75) is 25.8 Å². The molecule has 0 aliphatic carbocycles. The molecule has 1 heterocycles. The maximum atomic E-state index is 12.3. The van der Waals surface area contributed by atoms with Gasteiger partial charge in [0.2, 0.25) is 5.91 Å². The van der Waals surface area contributed by atoms with Crippen LogP contribution in [0.1, 0.15) is 23.4 Å². The van der Waals surface area contributed by atoms with Crippen LogP contribution in [0.25, 0.3) is 21.8 Å². The zero-order valence-electron chi connectivity index (χ0n) is 18.6. The van der Waals surface area contributed by atoms with Gasteiger partial charge < -0.3 is 9.88 Å². The first-order chi connectivity index (χ1) is 16.3. The summed E-state index contributed by atoms with van der Waals surface area (Å²) < 4.78 is 2.27. The van der Waals surface area contributed by atoms with Crippen LogP contribution in [0.4, 0.5) is 0 Å². The van der Waals surface area contributed by atoms with Crippen molar-refractivity contribution in [2.75, 3.05) is 6.54 Å². The van der Waals surface area contributed by atoms with Gasteiger partial charge in [0.05, 0.1) is 11.0 Å². The molecule has 5 rings (SSSR count). The third-order valence-corrected chi connectivity index (χ3v) is 6.04. The fraction of sp³-hybridized carbons (Fsp3) is 0.172. The number of carbonyl (C=O) groups excluding carboxylic acids is 1. The van der Waals surface area contributed by atoms with E-state index in [2.05, 4.69) is 76.6 Å². The number of rotatable bonds is 8. The number of nitrogens with zero attached hydrogens (tertiary/aromatic N) is 2. The number of aromatic nitrogens is 2. The van der Waals surface area contributed by atoms with Crippen LogP contribution in [0, 0.1) is 0 Å². The average molecular weight is 434 g/mol. The van der Waals surface area contributed by atoms with E-state index in [0.29, 0.717) is 19.4 Å². The average Bonchev–Trinajstić information content (AvgIpc) is 3.20. The van der Waals surface area contributed by atoms with Gasteiger partial charge in [0.25, 0.3) is 0 Å². The van der Waals surface area contributed by atoms with E-state index in [1.807, 2.05) is 30.3 Å². The molecule has 4 heteroatoms. The van der Waals surface area contributed by atoms with E-state index < -0.39 is 0 Å². The number of nitrogens with one attached hydrogen (secondary N) is 1. The molecule has 0 radical (unpaired) electrons. The van der Waals surface area contributed by atoms with Crippen LogP contribution < -0.4 is 5.32 Å². The lowest BCUT2D eigenvalue weighted by Gasteiger charge is -2.11. The third kappa shape index (κ3) is 4.96. The largest absolute Gasteiger partial charge is 0.356 e. The highest BCUT2D eigenvalue weighted by molar-refractivity contribution is 5.83. The lowest BCUT2D eigenvalue weighted by atomic mass is 10.1. The van der Waals surface area contributed by atoms with Crippen molar-refractivity contribution in [3.63, 3.8) is 0 Å². The molecule has 4 nitrogen and oxygen atoms in total. The van der Waals surface area contributed by atoms with Crippen molar-refractivity contribution < 1.29 is 4.79 Å². The monoisotopic (exact) mass is 433 g/mol. The zero-order chi connectivity index (χ0) is 22.5. The van der Waals surface area contributed by atoms with Crippen molar-refractivity contribution in [3.05, 3.63) is 114 Å². The van der Waals surface area contributed by atoms with Crippen molar-refractivity contribution in [1.29, 1.82) is 0 Å². The number of hydrogen-bond acceptors (Lipinski definition) is 2. The number of fused-ring (bicyclic) bond motifs is 2. The molecule has 0 unspecified atom stereocenters. The van der Waals surface area contributed by atoms with Gasteiger partial charge >= 0.3 is 0 Å². The summed E-state index contributed by atoms with van der Waals surface area (Å²) in [6.45, 7) is 1.33. The SMILES string of the molecule is O=C(CCc1ccccc1)NCCc1nc2ccccc2n1Cc1ccc2ccccc2c1. The van der Waals surface area contributed by atoms with E-state index in [9.17, 15) is 4.79 Å². The van der Waals surface area contributed by atoms with Crippen molar-refractivity contribution in [2.24, 2.45) is 0 Å². The first-order valence-electron chi connectivity index (χ1n) is 11.5. The number of carbonyl (C=O) groups is 1. The summed E-state index contributed by atoms with van der Waals surface area (Å²) in [6.07, 6.45) is 1.95. The Balaban J connectivity index is 1.28. The Morgan fingerprint density at radius 1 is 0.758 bits per heavy atom. The highest BCUT2D eigenvalue weighted by Crippen LogP contribution is 2.21. The summed E-state index contributed by atoms with van der Waals surface area (Å²) >= 11 is 0. The van der Waals surface area contributed by atoms with Gasteiger partial charge in [0.15, 0.2) is 0 Å². The molecule has 0 spiro atoms. The fourth-order valence-electron chi connectivity index (χ4n) is 4.32. The summed E-state index contributed by atoms with van der Waals surface area (Å²) in [5.41, 5.74) is 4.54. The first-order valence-corrected chi connectivity index (χ1v) is 11.5. The predicted octanol–water partition coefficient (Wildman–Crippen LogP) is 5.53. The first kappa shape index (κ1) is 21.0. The van der Waals surface area contributed by atoms with Gasteiger partial charge in [-0.15, -0.1) is 0 Å². The molecule has 5 aromatic rings. The molecular weight excluding hydrogens is 406 g/mol. The van der Waals surface area contributed by atoms with Gasteiger partial charge in [-0.05, 0) is 46.5 Å². The normalized spacial score (nSPS) is 11.2. The minimum absolute atomic E-state index is 0.0797. The van der Waals surface area contributed by atoms with Crippen LogP contribution in [-0.4, -0.2) is 22.0 Å². The van der Waals surface area contributed by atoms with E-state index in [4.69, 9.17) is 4.98 Å². The number of hydrogen-bond donors (Lipinski definition) is 1. The second kappa shape index (κ2) is 9.70. The molecule has 1 N–H and O–H groups in total. The molecule has 0 aliphatic rings. The van der Waals surface area contributed by atoms with E-state index in [0.717, 1.165) is 29.8 Å². The molecule has 1 amide bonds. The molecule has 33 heavy (non-hydrogen) atoms. The summed E-state index contributed by atoms with van der Waals surface area (Å²) in [5.74, 6) is 1.07. The Morgan fingerprint density at radius 2 is 1.52 bits per heavy atom. The van der Waals surface area contributed by atoms with Crippen LogP contribution in [0.5, 0.6) is 0 Å². The zero-order valence-corrected chi connectivity index (χ0v) is 18.6. The molecule has 0 bridgehead atoms. The topological polar surface area (TPSA) is 46.9 Å². The maximum absolute atomic E-state index is 12.3. The summed E-state index contributed by atoms with van der Waals surface area (Å²) in [7, 11) is 0. The maximum Gasteiger partial charge on any atom is 0.220 e. The fourth-order valence-corrected chi connectivity index (χ4v) is 4.32. The van der Waals surface area contributed by atoms with Gasteiger partial charge in [-0.3, -0.25) is 4.79 Å². The van der Waals surface area contributed by atoms with Gasteiger partial charge in [-0.25, -0.2) is 4.98 Å². The molecular formula is C29H27N3O. The quantitative estimate of drug-likeness (QED) is 0.350. The van der Waals surface area contributed by atoms with Gasteiger partial charge in [0, 0.05) is 25.9 Å². The number of aryl methyl sites for hydroxylation is 1. The highest BCUT2D eigenvalue weighted by Gasteiger charge is 2.12. The van der Waals surface area contributed by atoms with Crippen LogP contribution in [0.2, 0.25) is 0 Å². The highest BCUT2D eigenvalue weighted by atomic mass is 16.1. The molecule has 0 saturated heterocycles. The van der Waals surface area contributed by atoms with Crippen LogP contribution in [0.3, 0.4) is 0 Å².